The van der Waals surface area contributed by atoms with Gasteiger partial charge >= 0.3 is 0 Å². The first-order valence-corrected chi connectivity index (χ1v) is 16.4. The van der Waals surface area contributed by atoms with E-state index in [9.17, 15) is 17.6 Å². The van der Waals surface area contributed by atoms with Crippen LogP contribution in [0.1, 0.15) is 59.9 Å². The van der Waals surface area contributed by atoms with Crippen molar-refractivity contribution >= 4 is 51.0 Å². The molecule has 2 aliphatic heterocycles. The van der Waals surface area contributed by atoms with Gasteiger partial charge in [0.1, 0.15) is 11.6 Å². The summed E-state index contributed by atoms with van der Waals surface area (Å²) in [6.07, 6.45) is 4.99. The van der Waals surface area contributed by atoms with Crippen molar-refractivity contribution in [1.29, 1.82) is 0 Å². The van der Waals surface area contributed by atoms with Crippen LogP contribution in [0.15, 0.2) is 59.6 Å². The van der Waals surface area contributed by atoms with Gasteiger partial charge in [-0.1, -0.05) is 35.3 Å². The molecular formula is C31H30Cl2FN3O4S. The molecule has 1 saturated carbocycles. The average molecular weight is 631 g/mol. The van der Waals surface area contributed by atoms with Gasteiger partial charge in [-0.25, -0.2) is 17.5 Å². The third-order valence-electron chi connectivity index (χ3n) is 8.74. The van der Waals surface area contributed by atoms with Gasteiger partial charge in [-0.05, 0) is 98.3 Å². The third kappa shape index (κ3) is 5.00. The van der Waals surface area contributed by atoms with Gasteiger partial charge in [-0.15, -0.1) is 0 Å². The molecule has 42 heavy (non-hydrogen) atoms. The molecule has 0 radical (unpaired) electrons. The summed E-state index contributed by atoms with van der Waals surface area (Å²) >= 11 is 13.0. The fourth-order valence-corrected chi connectivity index (χ4v) is 7.51. The minimum atomic E-state index is -3.78. The van der Waals surface area contributed by atoms with Crippen molar-refractivity contribution in [3.05, 3.63) is 92.7 Å². The van der Waals surface area contributed by atoms with Gasteiger partial charge in [-0.3, -0.25) is 9.79 Å². The maximum atomic E-state index is 14.7. The van der Waals surface area contributed by atoms with E-state index in [2.05, 4.69) is 10.0 Å². The van der Waals surface area contributed by atoms with E-state index in [0.29, 0.717) is 41.6 Å². The molecule has 3 aromatic rings. The SMILES string of the molecule is Cc1ccc(F)cc1[C@@H]1NCC[C@@H](c2cc(Cl)ccc2OC2(C(=O)NS(C)(=O)=O)CCC2)[C@@]12C=Nc1cc(Cl)ccc12. The molecule has 2 heterocycles. The van der Waals surface area contributed by atoms with E-state index in [4.69, 9.17) is 32.9 Å². The molecule has 2 fully saturated rings. The topological polar surface area (TPSA) is 96.9 Å². The molecule has 3 atom stereocenters. The van der Waals surface area contributed by atoms with Crippen molar-refractivity contribution in [2.75, 3.05) is 12.8 Å². The van der Waals surface area contributed by atoms with Gasteiger partial charge in [0.05, 0.1) is 17.4 Å². The monoisotopic (exact) mass is 629 g/mol. The van der Waals surface area contributed by atoms with E-state index in [0.717, 1.165) is 40.6 Å². The van der Waals surface area contributed by atoms with Crippen molar-refractivity contribution in [3.8, 4) is 5.75 Å². The second-order valence-electron chi connectivity index (χ2n) is 11.4. The number of benzene rings is 3. The van der Waals surface area contributed by atoms with Crippen LogP contribution >= 0.6 is 23.2 Å². The van der Waals surface area contributed by atoms with E-state index >= 15 is 0 Å². The second kappa shape index (κ2) is 10.6. The van der Waals surface area contributed by atoms with Crippen LogP contribution in [-0.2, 0) is 20.2 Å². The van der Waals surface area contributed by atoms with Crippen molar-refractivity contribution < 1.29 is 22.3 Å². The molecule has 6 rings (SSSR count). The molecule has 0 unspecified atom stereocenters. The van der Waals surface area contributed by atoms with Crippen LogP contribution in [0.25, 0.3) is 0 Å². The quantitative estimate of drug-likeness (QED) is 0.334. The summed E-state index contributed by atoms with van der Waals surface area (Å²) in [6.45, 7) is 2.56. The summed E-state index contributed by atoms with van der Waals surface area (Å²) < 4.78 is 47.1. The fourth-order valence-electron chi connectivity index (χ4n) is 6.64. The third-order valence-corrected chi connectivity index (χ3v) is 9.76. The zero-order chi connectivity index (χ0) is 29.9. The van der Waals surface area contributed by atoms with E-state index in [-0.39, 0.29) is 17.8 Å². The number of fused-ring (bicyclic) bond motifs is 2. The number of rotatable bonds is 6. The Morgan fingerprint density at radius 2 is 1.81 bits per heavy atom. The molecule has 0 aromatic heterocycles. The highest BCUT2D eigenvalue weighted by molar-refractivity contribution is 7.89. The van der Waals surface area contributed by atoms with Gasteiger partial charge in [0.15, 0.2) is 5.60 Å². The number of aliphatic imine (C=N–C) groups is 1. The van der Waals surface area contributed by atoms with E-state index < -0.39 is 26.9 Å². The maximum absolute atomic E-state index is 14.7. The lowest BCUT2D eigenvalue weighted by Crippen LogP contribution is -2.57. The Labute approximate surface area is 254 Å². The highest BCUT2D eigenvalue weighted by Gasteiger charge is 2.54. The van der Waals surface area contributed by atoms with Gasteiger partial charge in [0.2, 0.25) is 10.0 Å². The van der Waals surface area contributed by atoms with Crippen LogP contribution in [0, 0.1) is 12.7 Å². The van der Waals surface area contributed by atoms with Crippen LogP contribution in [0.3, 0.4) is 0 Å². The number of halogens is 3. The summed E-state index contributed by atoms with van der Waals surface area (Å²) in [5.41, 5.74) is 2.04. The van der Waals surface area contributed by atoms with Crippen LogP contribution in [0.4, 0.5) is 10.1 Å². The number of carbonyl (C=O) groups is 1. The normalized spacial score (nSPS) is 24.2. The molecule has 1 spiro atoms. The van der Waals surface area contributed by atoms with E-state index in [1.54, 1.807) is 24.3 Å². The Balaban J connectivity index is 1.52. The number of nitrogens with one attached hydrogen (secondary N) is 2. The Hall–Kier alpha value is -2.98. The highest BCUT2D eigenvalue weighted by Crippen LogP contribution is 2.58. The lowest BCUT2D eigenvalue weighted by molar-refractivity contribution is -0.142. The Kier molecular flexibility index (Phi) is 7.37. The Morgan fingerprint density at radius 1 is 1.07 bits per heavy atom. The lowest BCUT2D eigenvalue weighted by atomic mass is 9.59. The minimum absolute atomic E-state index is 0.263. The molecule has 3 aliphatic rings. The summed E-state index contributed by atoms with van der Waals surface area (Å²) in [5.74, 6) is -0.842. The van der Waals surface area contributed by atoms with Gasteiger partial charge in [0, 0.05) is 33.8 Å². The smallest absolute Gasteiger partial charge is 0.277 e. The number of hydrogen-bond acceptors (Lipinski definition) is 6. The largest absolute Gasteiger partial charge is 0.477 e. The first-order valence-electron chi connectivity index (χ1n) is 13.8. The highest BCUT2D eigenvalue weighted by atomic mass is 35.5. The van der Waals surface area contributed by atoms with E-state index in [1.807, 2.05) is 37.4 Å². The summed E-state index contributed by atoms with van der Waals surface area (Å²) in [5, 5.41) is 4.68. The van der Waals surface area contributed by atoms with Crippen molar-refractivity contribution in [3.63, 3.8) is 0 Å². The summed E-state index contributed by atoms with van der Waals surface area (Å²) in [6, 6.07) is 15.3. The first kappa shape index (κ1) is 29.1. The predicted octanol–water partition coefficient (Wildman–Crippen LogP) is 6.29. The number of piperidine rings is 1. The van der Waals surface area contributed by atoms with Gasteiger partial charge in [-0.2, -0.15) is 0 Å². The molecule has 2 N–H and O–H groups in total. The molecule has 11 heteroatoms. The van der Waals surface area contributed by atoms with Crippen LogP contribution < -0.4 is 14.8 Å². The molecule has 0 bridgehead atoms. The summed E-state index contributed by atoms with van der Waals surface area (Å²) in [7, 11) is -3.78. The van der Waals surface area contributed by atoms with Crippen LogP contribution in [0.5, 0.6) is 5.75 Å². The average Bonchev–Trinajstić information content (AvgIpc) is 3.26. The van der Waals surface area contributed by atoms with Crippen molar-refractivity contribution in [2.24, 2.45) is 4.99 Å². The Morgan fingerprint density at radius 3 is 2.52 bits per heavy atom. The predicted molar refractivity (Wildman–Crippen MR) is 162 cm³/mol. The number of aryl methyl sites for hydroxylation is 1. The minimum Gasteiger partial charge on any atom is -0.477 e. The number of nitrogens with zero attached hydrogens (tertiary/aromatic N) is 1. The molecule has 3 aromatic carbocycles. The molecule has 1 aliphatic carbocycles. The lowest BCUT2D eigenvalue weighted by Gasteiger charge is -2.48. The first-order chi connectivity index (χ1) is 19.9. The zero-order valence-corrected chi connectivity index (χ0v) is 25.4. The van der Waals surface area contributed by atoms with Gasteiger partial charge < -0.3 is 10.1 Å². The zero-order valence-electron chi connectivity index (χ0n) is 23.1. The number of amides is 1. The standard InChI is InChI=1S/C31H30Cl2FN3O4S/c1-18-4-7-21(34)16-22(18)28-31(17-36-26-15-20(33)5-8-25(26)31)24(10-13-35-28)23-14-19(32)6-9-27(23)41-30(11-3-12-30)29(38)37-42(2,39)40/h4-9,14-17,24,28,35H,3,10-13H2,1-2H3,(H,37,38)/t24-,28-,31+/m0/s1. The number of sulfonamides is 1. The summed E-state index contributed by atoms with van der Waals surface area (Å²) in [4.78, 5) is 18.0. The van der Waals surface area contributed by atoms with Crippen LogP contribution in [-0.4, -0.2) is 38.9 Å². The number of ether oxygens (including phenoxy) is 1. The molecule has 1 amide bonds. The molecule has 1 saturated heterocycles. The van der Waals surface area contributed by atoms with E-state index in [1.165, 1.54) is 6.07 Å². The number of hydrogen-bond donors (Lipinski definition) is 2. The Bertz CT molecular complexity index is 1730. The van der Waals surface area contributed by atoms with Crippen molar-refractivity contribution in [2.45, 2.75) is 55.6 Å². The van der Waals surface area contributed by atoms with Crippen LogP contribution in [0.2, 0.25) is 10.0 Å². The number of carbonyl (C=O) groups excluding carboxylic acids is 1. The maximum Gasteiger partial charge on any atom is 0.277 e. The fraction of sp³-hybridized carbons (Fsp3) is 0.355. The second-order valence-corrected chi connectivity index (χ2v) is 14.0. The van der Waals surface area contributed by atoms with Gasteiger partial charge in [0.25, 0.3) is 5.91 Å². The molecule has 220 valence electrons. The molecule has 7 nitrogen and oxygen atoms in total. The van der Waals surface area contributed by atoms with Crippen molar-refractivity contribution in [1.82, 2.24) is 10.0 Å². The molecular weight excluding hydrogens is 600 g/mol.